The Balaban J connectivity index is 1.85. The molecule has 1 aromatic heterocycles. The van der Waals surface area contributed by atoms with Gasteiger partial charge in [-0.05, 0) is 30.3 Å². The minimum Gasteiger partial charge on any atom is -0.339 e. The van der Waals surface area contributed by atoms with Crippen LogP contribution in [0.3, 0.4) is 0 Å². The highest BCUT2D eigenvalue weighted by Gasteiger charge is 2.14. The minimum absolute atomic E-state index is 0.0238. The van der Waals surface area contributed by atoms with Crippen LogP contribution in [-0.4, -0.2) is 9.97 Å². The van der Waals surface area contributed by atoms with Crippen LogP contribution in [0.25, 0.3) is 0 Å². The number of hydrogen-bond donors (Lipinski definition) is 2. The maximum atomic E-state index is 13.7. The van der Waals surface area contributed by atoms with E-state index >= 15 is 0 Å². The summed E-state index contributed by atoms with van der Waals surface area (Å²) in [5.74, 6) is -3.92. The van der Waals surface area contributed by atoms with E-state index in [1.807, 2.05) is 6.07 Å². The number of aromatic nitrogens is 2. The van der Waals surface area contributed by atoms with Gasteiger partial charge in [-0.1, -0.05) is 12.1 Å². The van der Waals surface area contributed by atoms with Crippen LogP contribution in [0.15, 0.2) is 48.7 Å². The van der Waals surface area contributed by atoms with Gasteiger partial charge in [0.05, 0.1) is 16.9 Å². The molecular formula is C17H10F3N5. The Hall–Kier alpha value is -3.60. The molecule has 124 valence electrons. The summed E-state index contributed by atoms with van der Waals surface area (Å²) in [6.45, 7) is 0. The van der Waals surface area contributed by atoms with Crippen molar-refractivity contribution in [3.63, 3.8) is 0 Å². The Kier molecular flexibility index (Phi) is 4.48. The van der Waals surface area contributed by atoms with Gasteiger partial charge in [-0.3, -0.25) is 0 Å². The molecule has 0 saturated heterocycles. The van der Waals surface area contributed by atoms with Crippen LogP contribution in [-0.2, 0) is 0 Å². The predicted molar refractivity (Wildman–Crippen MR) is 86.1 cm³/mol. The average Bonchev–Trinajstić information content (AvgIpc) is 2.63. The van der Waals surface area contributed by atoms with E-state index in [4.69, 9.17) is 5.26 Å². The van der Waals surface area contributed by atoms with E-state index in [1.54, 1.807) is 30.3 Å². The molecule has 0 fully saturated rings. The molecule has 5 nitrogen and oxygen atoms in total. The van der Waals surface area contributed by atoms with E-state index in [9.17, 15) is 13.2 Å². The molecule has 25 heavy (non-hydrogen) atoms. The number of hydrogen-bond acceptors (Lipinski definition) is 5. The lowest BCUT2D eigenvalue weighted by Gasteiger charge is -2.10. The molecule has 1 heterocycles. The van der Waals surface area contributed by atoms with Crippen LogP contribution in [0, 0.1) is 28.8 Å². The first-order chi connectivity index (χ1) is 12.1. The van der Waals surface area contributed by atoms with Crippen LogP contribution in [0.4, 0.5) is 36.3 Å². The van der Waals surface area contributed by atoms with E-state index in [1.165, 1.54) is 6.20 Å². The first-order valence-corrected chi connectivity index (χ1v) is 7.08. The van der Waals surface area contributed by atoms with Gasteiger partial charge in [0, 0.05) is 6.20 Å². The third-order valence-corrected chi connectivity index (χ3v) is 3.25. The lowest BCUT2D eigenvalue weighted by atomic mass is 10.2. The quantitative estimate of drug-likeness (QED) is 0.694. The Bertz CT molecular complexity index is 969. The van der Waals surface area contributed by atoms with E-state index in [2.05, 4.69) is 20.6 Å². The third-order valence-electron chi connectivity index (χ3n) is 3.25. The fourth-order valence-corrected chi connectivity index (χ4v) is 2.06. The molecule has 2 N–H and O–H groups in total. The SMILES string of the molecule is N#Cc1ccccc1Nc1ccnc(Nc2ccc(F)c(F)c2F)n1. The smallest absolute Gasteiger partial charge is 0.229 e. The van der Waals surface area contributed by atoms with Crippen LogP contribution in [0.2, 0.25) is 0 Å². The van der Waals surface area contributed by atoms with Gasteiger partial charge >= 0.3 is 0 Å². The van der Waals surface area contributed by atoms with Crippen LogP contribution >= 0.6 is 0 Å². The first-order valence-electron chi connectivity index (χ1n) is 7.08. The summed E-state index contributed by atoms with van der Waals surface area (Å²) < 4.78 is 39.9. The molecular weight excluding hydrogens is 331 g/mol. The molecule has 0 unspecified atom stereocenters. The maximum absolute atomic E-state index is 13.7. The summed E-state index contributed by atoms with van der Waals surface area (Å²) in [4.78, 5) is 8.01. The summed E-state index contributed by atoms with van der Waals surface area (Å²) in [5, 5.41) is 14.5. The normalized spacial score (nSPS) is 10.2. The molecule has 0 spiro atoms. The molecule has 0 atom stereocenters. The van der Waals surface area contributed by atoms with Crippen LogP contribution < -0.4 is 10.6 Å². The Morgan fingerprint density at radius 3 is 2.48 bits per heavy atom. The number of halogens is 3. The van der Waals surface area contributed by atoms with Crippen LogP contribution in [0.1, 0.15) is 5.56 Å². The third kappa shape index (κ3) is 3.50. The zero-order chi connectivity index (χ0) is 17.8. The molecule has 3 rings (SSSR count). The zero-order valence-electron chi connectivity index (χ0n) is 12.6. The summed E-state index contributed by atoms with van der Waals surface area (Å²) >= 11 is 0. The lowest BCUT2D eigenvalue weighted by Crippen LogP contribution is -2.04. The monoisotopic (exact) mass is 341 g/mol. The van der Waals surface area contributed by atoms with Gasteiger partial charge in [-0.25, -0.2) is 18.2 Å². The van der Waals surface area contributed by atoms with E-state index in [0.29, 0.717) is 17.1 Å². The molecule has 0 aliphatic carbocycles. The van der Waals surface area contributed by atoms with Gasteiger partial charge in [0.1, 0.15) is 11.9 Å². The Morgan fingerprint density at radius 2 is 1.68 bits per heavy atom. The van der Waals surface area contributed by atoms with Crippen molar-refractivity contribution in [2.45, 2.75) is 0 Å². The van der Waals surface area contributed by atoms with Crippen molar-refractivity contribution in [1.29, 1.82) is 5.26 Å². The molecule has 0 radical (unpaired) electrons. The fourth-order valence-electron chi connectivity index (χ4n) is 2.06. The Labute approximate surface area is 140 Å². The van der Waals surface area contributed by atoms with Gasteiger partial charge in [0.15, 0.2) is 17.5 Å². The van der Waals surface area contributed by atoms with Crippen molar-refractivity contribution in [3.05, 3.63) is 71.7 Å². The van der Waals surface area contributed by atoms with Crippen molar-refractivity contribution in [2.24, 2.45) is 0 Å². The van der Waals surface area contributed by atoms with Gasteiger partial charge in [0.25, 0.3) is 0 Å². The van der Waals surface area contributed by atoms with Gasteiger partial charge < -0.3 is 10.6 Å². The van der Waals surface area contributed by atoms with Gasteiger partial charge in [-0.15, -0.1) is 0 Å². The molecule has 3 aromatic rings. The molecule has 0 aliphatic heterocycles. The second kappa shape index (κ2) is 6.88. The highest BCUT2D eigenvalue weighted by atomic mass is 19.2. The van der Waals surface area contributed by atoms with Crippen LogP contribution in [0.5, 0.6) is 0 Å². The zero-order valence-corrected chi connectivity index (χ0v) is 12.6. The van der Waals surface area contributed by atoms with Crippen molar-refractivity contribution < 1.29 is 13.2 Å². The van der Waals surface area contributed by atoms with E-state index in [-0.39, 0.29) is 11.6 Å². The number of benzene rings is 2. The highest BCUT2D eigenvalue weighted by Crippen LogP contribution is 2.23. The molecule has 0 aliphatic rings. The van der Waals surface area contributed by atoms with Crippen molar-refractivity contribution in [2.75, 3.05) is 10.6 Å². The number of para-hydroxylation sites is 1. The fraction of sp³-hybridized carbons (Fsp3) is 0. The Morgan fingerprint density at radius 1 is 0.880 bits per heavy atom. The number of nitrogens with one attached hydrogen (secondary N) is 2. The summed E-state index contributed by atoms with van der Waals surface area (Å²) in [6.07, 6.45) is 1.39. The average molecular weight is 341 g/mol. The maximum Gasteiger partial charge on any atom is 0.229 e. The van der Waals surface area contributed by atoms with Crippen molar-refractivity contribution in [1.82, 2.24) is 9.97 Å². The highest BCUT2D eigenvalue weighted by molar-refractivity contribution is 5.65. The number of anilines is 4. The van der Waals surface area contributed by atoms with E-state index < -0.39 is 17.5 Å². The molecule has 0 bridgehead atoms. The first kappa shape index (κ1) is 16.3. The second-order valence-corrected chi connectivity index (χ2v) is 4.90. The standard InChI is InChI=1S/C17H10F3N5/c18-11-5-6-13(16(20)15(11)19)24-17-22-8-7-14(25-17)23-12-4-2-1-3-10(12)9-21/h1-8H,(H2,22,23,24,25). The summed E-state index contributed by atoms with van der Waals surface area (Å²) in [7, 11) is 0. The number of nitriles is 1. The van der Waals surface area contributed by atoms with Gasteiger partial charge in [0.2, 0.25) is 5.95 Å². The molecule has 2 aromatic carbocycles. The van der Waals surface area contributed by atoms with Gasteiger partial charge in [-0.2, -0.15) is 10.2 Å². The number of rotatable bonds is 4. The largest absolute Gasteiger partial charge is 0.339 e. The molecule has 0 amide bonds. The second-order valence-electron chi connectivity index (χ2n) is 4.90. The van der Waals surface area contributed by atoms with Crippen molar-refractivity contribution >= 4 is 23.1 Å². The van der Waals surface area contributed by atoms with E-state index in [0.717, 1.165) is 12.1 Å². The lowest BCUT2D eigenvalue weighted by molar-refractivity contribution is 0.449. The van der Waals surface area contributed by atoms with Crippen molar-refractivity contribution in [3.8, 4) is 6.07 Å². The summed E-state index contributed by atoms with van der Waals surface area (Å²) in [6, 6.07) is 12.2. The molecule has 8 heteroatoms. The molecule has 0 saturated carbocycles. The predicted octanol–water partition coefficient (Wildman–Crippen LogP) is 4.25. The topological polar surface area (TPSA) is 73.6 Å². The summed E-state index contributed by atoms with van der Waals surface area (Å²) in [5.41, 5.74) is 0.657. The minimum atomic E-state index is -1.58. The number of nitrogens with zero attached hydrogens (tertiary/aromatic N) is 3.